The van der Waals surface area contributed by atoms with Crippen molar-refractivity contribution in [1.29, 1.82) is 0 Å². The number of hydrogen-bond acceptors (Lipinski definition) is 3. The van der Waals surface area contributed by atoms with Gasteiger partial charge in [-0.1, -0.05) is 0 Å². The third kappa shape index (κ3) is 2.11. The second-order valence-electron chi connectivity index (χ2n) is 4.48. The van der Waals surface area contributed by atoms with E-state index in [0.29, 0.717) is 0 Å². The highest BCUT2D eigenvalue weighted by molar-refractivity contribution is 5.41. The molecule has 0 aliphatic heterocycles. The molecule has 0 saturated heterocycles. The van der Waals surface area contributed by atoms with Crippen LogP contribution in [-0.4, -0.2) is 16.9 Å². The summed E-state index contributed by atoms with van der Waals surface area (Å²) in [4.78, 5) is 0. The van der Waals surface area contributed by atoms with Gasteiger partial charge in [-0.3, -0.25) is 0 Å². The Bertz CT molecular complexity index is 541. The molecule has 1 unspecified atom stereocenters. The maximum absolute atomic E-state index is 5.98. The van der Waals surface area contributed by atoms with Crippen LogP contribution in [0, 0.1) is 13.8 Å². The number of hydrogen-bond donors (Lipinski definition) is 1. The Hall–Kier alpha value is -1.81. The van der Waals surface area contributed by atoms with Crippen LogP contribution < -0.4 is 10.5 Å². The maximum Gasteiger partial charge on any atom is 0.119 e. The van der Waals surface area contributed by atoms with Gasteiger partial charge in [0, 0.05) is 17.3 Å². The minimum absolute atomic E-state index is 0.00278. The van der Waals surface area contributed by atoms with Crippen LogP contribution in [0.1, 0.15) is 29.9 Å². The molecule has 0 fully saturated rings. The zero-order valence-corrected chi connectivity index (χ0v) is 11.3. The third-order valence-corrected chi connectivity index (χ3v) is 3.12. The van der Waals surface area contributed by atoms with E-state index in [1.54, 1.807) is 7.11 Å². The summed E-state index contributed by atoms with van der Waals surface area (Å²) in [6, 6.07) is 7.83. The van der Waals surface area contributed by atoms with Crippen LogP contribution in [-0.2, 0) is 0 Å². The van der Waals surface area contributed by atoms with E-state index < -0.39 is 0 Å². The molecule has 0 radical (unpaired) electrons. The maximum atomic E-state index is 5.98. The smallest absolute Gasteiger partial charge is 0.119 e. The second kappa shape index (κ2) is 4.82. The first-order valence-corrected chi connectivity index (χ1v) is 6.00. The number of methoxy groups -OCH3 is 1. The lowest BCUT2D eigenvalue weighted by Crippen LogP contribution is -2.07. The fourth-order valence-electron chi connectivity index (χ4n) is 2.29. The van der Waals surface area contributed by atoms with Gasteiger partial charge in [0.1, 0.15) is 5.75 Å². The minimum atomic E-state index is -0.00278. The number of nitrogens with zero attached hydrogens (tertiary/aromatic N) is 2. The first-order chi connectivity index (χ1) is 8.54. The van der Waals surface area contributed by atoms with Crippen molar-refractivity contribution < 1.29 is 4.74 Å². The van der Waals surface area contributed by atoms with E-state index in [0.717, 1.165) is 28.4 Å². The predicted molar refractivity (Wildman–Crippen MR) is 72.2 cm³/mol. The molecular formula is C14H19N3O. The summed E-state index contributed by atoms with van der Waals surface area (Å²) in [7, 11) is 1.66. The van der Waals surface area contributed by atoms with Gasteiger partial charge in [-0.15, -0.1) is 0 Å². The lowest BCUT2D eigenvalue weighted by atomic mass is 10.1. The van der Waals surface area contributed by atoms with Crippen molar-refractivity contribution in [2.45, 2.75) is 26.8 Å². The Kier molecular flexibility index (Phi) is 3.39. The lowest BCUT2D eigenvalue weighted by Gasteiger charge is -2.08. The van der Waals surface area contributed by atoms with Crippen LogP contribution in [0.4, 0.5) is 0 Å². The minimum Gasteiger partial charge on any atom is -0.497 e. The molecule has 96 valence electrons. The molecule has 2 aromatic rings. The molecule has 4 heteroatoms. The number of aromatic nitrogens is 2. The fraction of sp³-hybridized carbons (Fsp3) is 0.357. The molecule has 2 rings (SSSR count). The summed E-state index contributed by atoms with van der Waals surface area (Å²) in [6.07, 6.45) is 0. The number of nitrogens with two attached hydrogens (primary N) is 1. The standard InChI is InChI=1S/C14H19N3O/c1-9(15)14-10(2)16-17(11(14)3)12-5-7-13(18-4)8-6-12/h5-9H,15H2,1-4H3. The first-order valence-electron chi connectivity index (χ1n) is 6.00. The molecule has 4 nitrogen and oxygen atoms in total. The molecule has 1 aromatic heterocycles. The van der Waals surface area contributed by atoms with Crippen LogP contribution in [0.2, 0.25) is 0 Å². The van der Waals surface area contributed by atoms with Gasteiger partial charge in [0.15, 0.2) is 0 Å². The first kappa shape index (κ1) is 12.6. The Morgan fingerprint density at radius 2 is 1.83 bits per heavy atom. The van der Waals surface area contributed by atoms with Crippen molar-refractivity contribution in [3.8, 4) is 11.4 Å². The largest absolute Gasteiger partial charge is 0.497 e. The van der Waals surface area contributed by atoms with Gasteiger partial charge in [0.25, 0.3) is 0 Å². The van der Waals surface area contributed by atoms with E-state index in [1.165, 1.54) is 0 Å². The predicted octanol–water partition coefficient (Wildman–Crippen LogP) is 2.52. The van der Waals surface area contributed by atoms with E-state index in [9.17, 15) is 0 Å². The summed E-state index contributed by atoms with van der Waals surface area (Å²) in [5.41, 5.74) is 10.2. The van der Waals surface area contributed by atoms with Gasteiger partial charge in [0.2, 0.25) is 0 Å². The summed E-state index contributed by atoms with van der Waals surface area (Å²) in [5.74, 6) is 0.840. The SMILES string of the molecule is COc1ccc(-n2nc(C)c(C(C)N)c2C)cc1. The van der Waals surface area contributed by atoms with E-state index in [4.69, 9.17) is 10.5 Å². The Morgan fingerprint density at radius 1 is 1.22 bits per heavy atom. The van der Waals surface area contributed by atoms with Gasteiger partial charge in [-0.25, -0.2) is 4.68 Å². The topological polar surface area (TPSA) is 53.1 Å². The van der Waals surface area contributed by atoms with Crippen LogP contribution in [0.5, 0.6) is 5.75 Å². The Morgan fingerprint density at radius 3 is 2.28 bits per heavy atom. The van der Waals surface area contributed by atoms with Gasteiger partial charge >= 0.3 is 0 Å². The third-order valence-electron chi connectivity index (χ3n) is 3.12. The lowest BCUT2D eigenvalue weighted by molar-refractivity contribution is 0.414. The number of rotatable bonds is 3. The highest BCUT2D eigenvalue weighted by Crippen LogP contribution is 2.23. The molecule has 0 amide bonds. The van der Waals surface area contributed by atoms with Crippen molar-refractivity contribution in [3.05, 3.63) is 41.2 Å². The molecule has 0 spiro atoms. The average molecular weight is 245 g/mol. The molecule has 0 saturated carbocycles. The quantitative estimate of drug-likeness (QED) is 0.904. The molecule has 1 aromatic carbocycles. The molecule has 18 heavy (non-hydrogen) atoms. The summed E-state index contributed by atoms with van der Waals surface area (Å²) in [5, 5.41) is 4.55. The van der Waals surface area contributed by atoms with Gasteiger partial charge in [-0.05, 0) is 45.0 Å². The number of ether oxygens (including phenoxy) is 1. The molecule has 1 atom stereocenters. The van der Waals surface area contributed by atoms with Crippen LogP contribution >= 0.6 is 0 Å². The van der Waals surface area contributed by atoms with Crippen molar-refractivity contribution in [2.75, 3.05) is 7.11 Å². The number of aryl methyl sites for hydroxylation is 1. The van der Waals surface area contributed by atoms with E-state index in [1.807, 2.05) is 49.7 Å². The van der Waals surface area contributed by atoms with Crippen LogP contribution in [0.3, 0.4) is 0 Å². The van der Waals surface area contributed by atoms with Crippen LogP contribution in [0.15, 0.2) is 24.3 Å². The van der Waals surface area contributed by atoms with Crippen molar-refractivity contribution in [3.63, 3.8) is 0 Å². The monoisotopic (exact) mass is 245 g/mol. The van der Waals surface area contributed by atoms with Crippen molar-refractivity contribution in [2.24, 2.45) is 5.73 Å². The Balaban J connectivity index is 2.47. The second-order valence-corrected chi connectivity index (χ2v) is 4.48. The molecule has 0 bridgehead atoms. The van der Waals surface area contributed by atoms with Gasteiger partial charge in [-0.2, -0.15) is 5.10 Å². The molecular weight excluding hydrogens is 226 g/mol. The Labute approximate surface area is 107 Å². The highest BCUT2D eigenvalue weighted by Gasteiger charge is 2.15. The normalized spacial score (nSPS) is 12.5. The molecule has 1 heterocycles. The fourth-order valence-corrected chi connectivity index (χ4v) is 2.29. The summed E-state index contributed by atoms with van der Waals surface area (Å²) in [6.45, 7) is 6.02. The summed E-state index contributed by atoms with van der Waals surface area (Å²) < 4.78 is 7.08. The average Bonchev–Trinajstić information content (AvgIpc) is 2.65. The zero-order valence-electron chi connectivity index (χ0n) is 11.3. The summed E-state index contributed by atoms with van der Waals surface area (Å²) >= 11 is 0. The van der Waals surface area contributed by atoms with E-state index in [-0.39, 0.29) is 6.04 Å². The van der Waals surface area contributed by atoms with E-state index >= 15 is 0 Å². The van der Waals surface area contributed by atoms with Crippen molar-refractivity contribution in [1.82, 2.24) is 9.78 Å². The van der Waals surface area contributed by atoms with Crippen molar-refractivity contribution >= 4 is 0 Å². The zero-order chi connectivity index (χ0) is 13.3. The molecule has 2 N–H and O–H groups in total. The number of benzene rings is 1. The highest BCUT2D eigenvalue weighted by atomic mass is 16.5. The molecule has 0 aliphatic carbocycles. The van der Waals surface area contributed by atoms with Gasteiger partial charge < -0.3 is 10.5 Å². The van der Waals surface area contributed by atoms with Crippen LogP contribution in [0.25, 0.3) is 5.69 Å². The van der Waals surface area contributed by atoms with Gasteiger partial charge in [0.05, 0.1) is 18.5 Å². The molecule has 0 aliphatic rings. The van der Waals surface area contributed by atoms with E-state index in [2.05, 4.69) is 5.10 Å².